The van der Waals surface area contributed by atoms with Crippen LogP contribution in [0, 0.1) is 11.8 Å². The number of benzene rings is 1. The number of hydrogen-bond donors (Lipinski definition) is 1. The highest BCUT2D eigenvalue weighted by molar-refractivity contribution is 6.30. The Morgan fingerprint density at radius 3 is 2.65 bits per heavy atom. The molecular weight excluding hydrogens is 268 g/mol. The second-order valence-corrected chi connectivity index (χ2v) is 6.98. The third kappa shape index (κ3) is 3.89. The lowest BCUT2D eigenvalue weighted by molar-refractivity contribution is 0.422. The summed E-state index contributed by atoms with van der Waals surface area (Å²) in [5.41, 5.74) is 2.67. The minimum absolute atomic E-state index is 0.500. The zero-order valence-electron chi connectivity index (χ0n) is 13.1. The largest absolute Gasteiger partial charge is 0.371 e. The van der Waals surface area contributed by atoms with Crippen molar-refractivity contribution < 1.29 is 0 Å². The first-order valence-electron chi connectivity index (χ1n) is 7.74. The van der Waals surface area contributed by atoms with Gasteiger partial charge >= 0.3 is 0 Å². The first kappa shape index (κ1) is 15.7. The van der Waals surface area contributed by atoms with Crippen molar-refractivity contribution in [2.75, 3.05) is 18.0 Å². The van der Waals surface area contributed by atoms with Gasteiger partial charge in [0.1, 0.15) is 0 Å². The monoisotopic (exact) mass is 294 g/mol. The van der Waals surface area contributed by atoms with E-state index in [0.29, 0.717) is 6.04 Å². The predicted octanol–water partition coefficient (Wildman–Crippen LogP) is 4.32. The number of nitrogens with zero attached hydrogens (tertiary/aromatic N) is 1. The maximum Gasteiger partial charge on any atom is 0.0426 e. The minimum Gasteiger partial charge on any atom is -0.371 e. The Morgan fingerprint density at radius 2 is 2.05 bits per heavy atom. The molecule has 2 rings (SSSR count). The molecule has 20 heavy (non-hydrogen) atoms. The number of hydrogen-bond acceptors (Lipinski definition) is 2. The summed E-state index contributed by atoms with van der Waals surface area (Å²) in [6, 6.07) is 6.79. The van der Waals surface area contributed by atoms with Gasteiger partial charge in [-0.2, -0.15) is 0 Å². The van der Waals surface area contributed by atoms with E-state index >= 15 is 0 Å². The van der Waals surface area contributed by atoms with Crippen LogP contribution in [0.1, 0.15) is 39.7 Å². The summed E-state index contributed by atoms with van der Waals surface area (Å²) in [5.74, 6) is 1.57. The van der Waals surface area contributed by atoms with Crippen molar-refractivity contribution in [2.45, 2.75) is 46.7 Å². The van der Waals surface area contributed by atoms with Crippen LogP contribution >= 0.6 is 11.6 Å². The van der Waals surface area contributed by atoms with E-state index in [-0.39, 0.29) is 0 Å². The molecule has 0 spiro atoms. The van der Waals surface area contributed by atoms with Gasteiger partial charge in [-0.05, 0) is 36.0 Å². The molecule has 1 atom stereocenters. The van der Waals surface area contributed by atoms with Crippen molar-refractivity contribution in [1.82, 2.24) is 5.32 Å². The van der Waals surface area contributed by atoms with Gasteiger partial charge < -0.3 is 10.2 Å². The molecule has 0 saturated carbocycles. The lowest BCUT2D eigenvalue weighted by Crippen LogP contribution is -2.26. The van der Waals surface area contributed by atoms with Gasteiger partial charge in [-0.15, -0.1) is 0 Å². The molecule has 1 aromatic rings. The van der Waals surface area contributed by atoms with Crippen LogP contribution in [0.5, 0.6) is 0 Å². The molecule has 112 valence electrons. The van der Waals surface area contributed by atoms with Gasteiger partial charge in [-0.3, -0.25) is 0 Å². The molecule has 1 aliphatic heterocycles. The fraction of sp³-hybridized carbons (Fsp3) is 0.647. The van der Waals surface area contributed by atoms with Gasteiger partial charge in [-0.25, -0.2) is 0 Å². The Kier molecular flexibility index (Phi) is 5.34. The molecule has 0 amide bonds. The van der Waals surface area contributed by atoms with E-state index in [9.17, 15) is 0 Å². The van der Waals surface area contributed by atoms with Gasteiger partial charge in [0.2, 0.25) is 0 Å². The summed E-state index contributed by atoms with van der Waals surface area (Å²) >= 11 is 6.21. The van der Waals surface area contributed by atoms with Crippen molar-refractivity contribution in [3.63, 3.8) is 0 Å². The highest BCUT2D eigenvalue weighted by Crippen LogP contribution is 2.32. The molecule has 0 aromatic heterocycles. The molecule has 1 fully saturated rings. The van der Waals surface area contributed by atoms with Crippen LogP contribution in [-0.2, 0) is 6.54 Å². The Hall–Kier alpha value is -0.730. The zero-order chi connectivity index (χ0) is 14.7. The van der Waals surface area contributed by atoms with Crippen molar-refractivity contribution in [1.29, 1.82) is 0 Å². The highest BCUT2D eigenvalue weighted by Gasteiger charge is 2.26. The Morgan fingerprint density at radius 1 is 1.30 bits per heavy atom. The average Bonchev–Trinajstić information content (AvgIpc) is 2.86. The molecule has 1 saturated heterocycles. The van der Waals surface area contributed by atoms with Gasteiger partial charge in [0.05, 0.1) is 0 Å². The molecule has 0 bridgehead atoms. The molecule has 1 aliphatic rings. The highest BCUT2D eigenvalue weighted by atomic mass is 35.5. The van der Waals surface area contributed by atoms with E-state index < -0.39 is 0 Å². The van der Waals surface area contributed by atoms with Gasteiger partial charge in [0.15, 0.2) is 0 Å². The third-order valence-corrected chi connectivity index (χ3v) is 4.49. The van der Waals surface area contributed by atoms with Crippen LogP contribution in [0.15, 0.2) is 18.2 Å². The fourth-order valence-corrected chi connectivity index (χ4v) is 3.01. The second-order valence-electron chi connectivity index (χ2n) is 6.55. The van der Waals surface area contributed by atoms with Crippen molar-refractivity contribution in [2.24, 2.45) is 11.8 Å². The van der Waals surface area contributed by atoms with Crippen molar-refractivity contribution in [3.05, 3.63) is 28.8 Å². The molecule has 0 aliphatic carbocycles. The third-order valence-electron chi connectivity index (χ3n) is 4.26. The lowest BCUT2D eigenvalue weighted by atomic mass is 9.95. The van der Waals surface area contributed by atoms with E-state index in [1.54, 1.807) is 0 Å². The lowest BCUT2D eigenvalue weighted by Gasteiger charge is -2.24. The normalized spacial score (nSPS) is 19.4. The van der Waals surface area contributed by atoms with E-state index in [0.717, 1.165) is 36.5 Å². The van der Waals surface area contributed by atoms with Gasteiger partial charge in [-0.1, -0.05) is 45.4 Å². The van der Waals surface area contributed by atoms with Crippen LogP contribution < -0.4 is 10.2 Å². The molecular formula is C17H27ClN2. The van der Waals surface area contributed by atoms with Gasteiger partial charge in [0.25, 0.3) is 0 Å². The summed E-state index contributed by atoms with van der Waals surface area (Å²) in [6.07, 6.45) is 1.29. The fourth-order valence-electron chi connectivity index (χ4n) is 2.85. The average molecular weight is 295 g/mol. The molecule has 1 heterocycles. The topological polar surface area (TPSA) is 15.3 Å². The first-order chi connectivity index (χ1) is 9.47. The number of nitrogens with one attached hydrogen (secondary N) is 1. The second kappa shape index (κ2) is 6.82. The van der Waals surface area contributed by atoms with Crippen LogP contribution in [0.25, 0.3) is 0 Å². The maximum absolute atomic E-state index is 6.21. The summed E-state index contributed by atoms with van der Waals surface area (Å²) in [6.45, 7) is 12.2. The Labute approximate surface area is 128 Å². The van der Waals surface area contributed by atoms with E-state index in [1.807, 2.05) is 6.07 Å². The van der Waals surface area contributed by atoms with Crippen molar-refractivity contribution >= 4 is 17.3 Å². The molecule has 3 heteroatoms. The minimum atomic E-state index is 0.500. The standard InChI is InChI=1S/C17H27ClN2/c1-12(2)15-7-8-20(11-15)17-9-16(18)6-5-14(17)10-19-13(3)4/h5-6,9,12-13,15,19H,7-8,10-11H2,1-4H3. The molecule has 0 radical (unpaired) electrons. The summed E-state index contributed by atoms with van der Waals surface area (Å²) in [7, 11) is 0. The molecule has 2 nitrogen and oxygen atoms in total. The number of halogens is 1. The predicted molar refractivity (Wildman–Crippen MR) is 88.6 cm³/mol. The first-order valence-corrected chi connectivity index (χ1v) is 8.12. The SMILES string of the molecule is CC(C)NCc1ccc(Cl)cc1N1CCC(C(C)C)C1. The van der Waals surface area contributed by atoms with Crippen molar-refractivity contribution in [3.8, 4) is 0 Å². The molecule has 1 aromatic carbocycles. The van der Waals surface area contributed by atoms with E-state index in [4.69, 9.17) is 11.6 Å². The zero-order valence-corrected chi connectivity index (χ0v) is 13.9. The molecule has 1 unspecified atom stereocenters. The smallest absolute Gasteiger partial charge is 0.0426 e. The van der Waals surface area contributed by atoms with Crippen LogP contribution in [-0.4, -0.2) is 19.1 Å². The maximum atomic E-state index is 6.21. The summed E-state index contributed by atoms with van der Waals surface area (Å²) < 4.78 is 0. The van der Waals surface area contributed by atoms with Gasteiger partial charge in [0, 0.05) is 36.4 Å². The Bertz CT molecular complexity index is 443. The Balaban J connectivity index is 2.15. The van der Waals surface area contributed by atoms with Crippen LogP contribution in [0.3, 0.4) is 0 Å². The number of rotatable bonds is 5. The summed E-state index contributed by atoms with van der Waals surface area (Å²) in [4.78, 5) is 2.51. The number of anilines is 1. The van der Waals surface area contributed by atoms with Crippen LogP contribution in [0.2, 0.25) is 5.02 Å². The quantitative estimate of drug-likeness (QED) is 0.870. The summed E-state index contributed by atoms with van der Waals surface area (Å²) in [5, 5.41) is 4.34. The van der Waals surface area contributed by atoms with E-state index in [2.05, 4.69) is 50.0 Å². The van der Waals surface area contributed by atoms with E-state index in [1.165, 1.54) is 17.7 Å². The molecule has 1 N–H and O–H groups in total. The van der Waals surface area contributed by atoms with Crippen LogP contribution in [0.4, 0.5) is 5.69 Å².